The van der Waals surface area contributed by atoms with E-state index in [9.17, 15) is 27.6 Å². The molecule has 31 heavy (non-hydrogen) atoms. The van der Waals surface area contributed by atoms with Gasteiger partial charge in [0.1, 0.15) is 5.00 Å². The zero-order valence-corrected chi connectivity index (χ0v) is 17.1. The van der Waals surface area contributed by atoms with E-state index < -0.39 is 36.1 Å². The number of ether oxygens (including phenoxy) is 1. The smallest absolute Gasteiger partial charge is 0.416 e. The summed E-state index contributed by atoms with van der Waals surface area (Å²) in [7, 11) is 0. The minimum Gasteiger partial charge on any atom is -0.452 e. The third kappa shape index (κ3) is 5.72. The number of anilines is 1. The zero-order chi connectivity index (χ0) is 22.6. The number of fused-ring (bicyclic) bond motifs is 1. The molecule has 1 aliphatic rings. The summed E-state index contributed by atoms with van der Waals surface area (Å²) in [6, 6.07) is 4.43. The second-order valence-corrected chi connectivity index (χ2v) is 8.00. The molecule has 6 nitrogen and oxygen atoms in total. The maximum Gasteiger partial charge on any atom is 0.416 e. The molecule has 0 radical (unpaired) electrons. The van der Waals surface area contributed by atoms with Crippen LogP contribution in [0.15, 0.2) is 30.3 Å². The van der Waals surface area contributed by atoms with Crippen LogP contribution in [0.25, 0.3) is 6.08 Å². The SMILES string of the molecule is NC(=O)c1c(NC(=O)COC(=O)/C=C/c2cccc(C(F)(F)F)c2)sc2c1CCCC2. The largest absolute Gasteiger partial charge is 0.452 e. The number of carbonyl (C=O) groups excluding carboxylic acids is 3. The Labute approximate surface area is 179 Å². The van der Waals surface area contributed by atoms with E-state index >= 15 is 0 Å². The number of carbonyl (C=O) groups is 3. The second-order valence-electron chi connectivity index (χ2n) is 6.89. The number of nitrogens with one attached hydrogen (secondary N) is 1. The lowest BCUT2D eigenvalue weighted by atomic mass is 9.95. The third-order valence-electron chi connectivity index (χ3n) is 4.64. The number of thiophene rings is 1. The van der Waals surface area contributed by atoms with Crippen LogP contribution in [-0.2, 0) is 33.3 Å². The highest BCUT2D eigenvalue weighted by Gasteiger charge is 2.30. The standard InChI is InChI=1S/C21H19F3N2O4S/c22-21(23,24)13-5-3-4-12(10-13)8-9-17(28)30-11-16(27)26-20-18(19(25)29)14-6-1-2-7-15(14)31-20/h3-5,8-10H,1-2,6-7,11H2,(H2,25,29)(H,26,27)/b9-8+. The Hall–Kier alpha value is -3.14. The monoisotopic (exact) mass is 452 g/mol. The Morgan fingerprint density at radius 1 is 1.19 bits per heavy atom. The van der Waals surface area contributed by atoms with Crippen molar-refractivity contribution >= 4 is 40.2 Å². The summed E-state index contributed by atoms with van der Waals surface area (Å²) in [6.07, 6.45) is 1.06. The highest BCUT2D eigenvalue weighted by atomic mass is 32.1. The van der Waals surface area contributed by atoms with Crippen molar-refractivity contribution in [2.45, 2.75) is 31.9 Å². The molecule has 3 rings (SSSR count). The van der Waals surface area contributed by atoms with Crippen LogP contribution < -0.4 is 11.1 Å². The van der Waals surface area contributed by atoms with E-state index in [1.807, 2.05) is 0 Å². The third-order valence-corrected chi connectivity index (χ3v) is 5.85. The van der Waals surface area contributed by atoms with Crippen molar-refractivity contribution in [3.8, 4) is 0 Å². The number of halogens is 3. The normalized spacial score (nSPS) is 13.6. The van der Waals surface area contributed by atoms with Crippen molar-refractivity contribution in [1.29, 1.82) is 0 Å². The van der Waals surface area contributed by atoms with E-state index in [-0.39, 0.29) is 5.56 Å². The first-order valence-corrected chi connectivity index (χ1v) is 10.2. The van der Waals surface area contributed by atoms with Crippen molar-refractivity contribution in [2.75, 3.05) is 11.9 Å². The summed E-state index contributed by atoms with van der Waals surface area (Å²) in [5.41, 5.74) is 5.94. The van der Waals surface area contributed by atoms with Crippen molar-refractivity contribution in [1.82, 2.24) is 0 Å². The molecule has 1 heterocycles. The van der Waals surface area contributed by atoms with Crippen LogP contribution in [-0.4, -0.2) is 24.4 Å². The number of rotatable bonds is 6. The average Bonchev–Trinajstić information content (AvgIpc) is 3.08. The van der Waals surface area contributed by atoms with Crippen LogP contribution >= 0.6 is 11.3 Å². The summed E-state index contributed by atoms with van der Waals surface area (Å²) in [6.45, 7) is -0.619. The molecule has 10 heteroatoms. The Morgan fingerprint density at radius 2 is 1.94 bits per heavy atom. The molecule has 0 fully saturated rings. The summed E-state index contributed by atoms with van der Waals surface area (Å²) in [5, 5.41) is 2.89. The Kier molecular flexibility index (Phi) is 6.79. The lowest BCUT2D eigenvalue weighted by molar-refractivity contribution is -0.142. The van der Waals surface area contributed by atoms with E-state index in [2.05, 4.69) is 5.32 Å². The van der Waals surface area contributed by atoms with Gasteiger partial charge in [-0.05, 0) is 55.0 Å². The first-order chi connectivity index (χ1) is 14.6. The average molecular weight is 452 g/mol. The van der Waals surface area contributed by atoms with Crippen LogP contribution in [0.2, 0.25) is 0 Å². The Balaban J connectivity index is 1.58. The van der Waals surface area contributed by atoms with Gasteiger partial charge in [-0.2, -0.15) is 13.2 Å². The summed E-state index contributed by atoms with van der Waals surface area (Å²) >= 11 is 1.28. The van der Waals surface area contributed by atoms with Gasteiger partial charge in [0.25, 0.3) is 11.8 Å². The molecule has 3 N–H and O–H groups in total. The van der Waals surface area contributed by atoms with E-state index in [1.54, 1.807) is 0 Å². The molecule has 0 unspecified atom stereocenters. The number of hydrogen-bond donors (Lipinski definition) is 2. The molecule has 0 spiro atoms. The Bertz CT molecular complexity index is 1040. The second kappa shape index (κ2) is 9.34. The molecule has 2 amide bonds. The van der Waals surface area contributed by atoms with E-state index in [0.29, 0.717) is 10.6 Å². The van der Waals surface area contributed by atoms with Gasteiger partial charge in [0, 0.05) is 11.0 Å². The van der Waals surface area contributed by atoms with Gasteiger partial charge in [0.2, 0.25) is 0 Å². The quantitative estimate of drug-likeness (QED) is 0.512. The van der Waals surface area contributed by atoms with Crippen LogP contribution in [0.4, 0.5) is 18.2 Å². The van der Waals surface area contributed by atoms with Crippen LogP contribution in [0.5, 0.6) is 0 Å². The molecular formula is C21H19F3N2O4S. The van der Waals surface area contributed by atoms with Crippen LogP contribution in [0, 0.1) is 0 Å². The first kappa shape index (κ1) is 22.5. The number of aryl methyl sites for hydroxylation is 1. The summed E-state index contributed by atoms with van der Waals surface area (Å²) in [5.74, 6) is -2.18. The number of primary amides is 1. The summed E-state index contributed by atoms with van der Waals surface area (Å²) in [4.78, 5) is 36.8. The highest BCUT2D eigenvalue weighted by molar-refractivity contribution is 7.17. The maximum atomic E-state index is 12.7. The number of nitrogens with two attached hydrogens (primary N) is 1. The highest BCUT2D eigenvalue weighted by Crippen LogP contribution is 2.37. The number of alkyl halides is 3. The number of esters is 1. The van der Waals surface area contributed by atoms with Gasteiger partial charge in [-0.25, -0.2) is 4.79 Å². The lowest BCUT2D eigenvalue weighted by Gasteiger charge is -2.11. The first-order valence-electron chi connectivity index (χ1n) is 9.41. The zero-order valence-electron chi connectivity index (χ0n) is 16.3. The fourth-order valence-electron chi connectivity index (χ4n) is 3.25. The van der Waals surface area contributed by atoms with E-state index in [1.165, 1.54) is 23.5 Å². The molecule has 0 saturated heterocycles. The molecule has 0 aliphatic heterocycles. The molecule has 2 aromatic rings. The predicted octanol–water partition coefficient (Wildman–Crippen LogP) is 3.94. The molecular weight excluding hydrogens is 433 g/mol. The molecule has 1 aromatic carbocycles. The van der Waals surface area contributed by atoms with Gasteiger partial charge in [-0.3, -0.25) is 9.59 Å². The van der Waals surface area contributed by atoms with Gasteiger partial charge in [0.15, 0.2) is 6.61 Å². The van der Waals surface area contributed by atoms with Gasteiger partial charge in [-0.1, -0.05) is 12.1 Å². The summed E-state index contributed by atoms with van der Waals surface area (Å²) < 4.78 is 43.0. The van der Waals surface area contributed by atoms with Gasteiger partial charge < -0.3 is 15.8 Å². The van der Waals surface area contributed by atoms with Crippen molar-refractivity contribution < 1.29 is 32.3 Å². The number of amides is 2. The molecule has 0 atom stereocenters. The minimum absolute atomic E-state index is 0.159. The van der Waals surface area contributed by atoms with Crippen molar-refractivity contribution in [3.63, 3.8) is 0 Å². The fraction of sp³-hybridized carbons (Fsp3) is 0.286. The van der Waals surface area contributed by atoms with Crippen molar-refractivity contribution in [3.05, 3.63) is 57.5 Å². The Morgan fingerprint density at radius 3 is 2.65 bits per heavy atom. The molecule has 0 bridgehead atoms. The molecule has 0 saturated carbocycles. The topological polar surface area (TPSA) is 98.5 Å². The fourth-order valence-corrected chi connectivity index (χ4v) is 4.56. The van der Waals surface area contributed by atoms with E-state index in [0.717, 1.165) is 60.4 Å². The minimum atomic E-state index is -4.49. The van der Waals surface area contributed by atoms with E-state index in [4.69, 9.17) is 10.5 Å². The van der Waals surface area contributed by atoms with Gasteiger partial charge >= 0.3 is 12.1 Å². The number of hydrogen-bond acceptors (Lipinski definition) is 5. The number of benzene rings is 1. The lowest BCUT2D eigenvalue weighted by Crippen LogP contribution is -2.22. The predicted molar refractivity (Wildman–Crippen MR) is 110 cm³/mol. The van der Waals surface area contributed by atoms with Crippen LogP contribution in [0.3, 0.4) is 0 Å². The van der Waals surface area contributed by atoms with Crippen molar-refractivity contribution in [2.24, 2.45) is 5.73 Å². The molecule has 164 valence electrons. The molecule has 1 aromatic heterocycles. The maximum absolute atomic E-state index is 12.7. The van der Waals surface area contributed by atoms with Gasteiger partial charge in [-0.15, -0.1) is 11.3 Å². The molecule has 1 aliphatic carbocycles. The van der Waals surface area contributed by atoms with Crippen LogP contribution in [0.1, 0.15) is 44.8 Å². The van der Waals surface area contributed by atoms with Gasteiger partial charge in [0.05, 0.1) is 11.1 Å².